The molecule has 0 aliphatic rings. The topological polar surface area (TPSA) is 99.0 Å². The largest absolute Gasteiger partial charge is 0.461 e. The number of hydrogen-bond acceptors (Lipinski definition) is 7. The van der Waals surface area contributed by atoms with Gasteiger partial charge in [0.05, 0.1) is 29.3 Å². The number of carbonyl (C=O) groups is 1. The smallest absolute Gasteiger partial charge is 0.416 e. The van der Waals surface area contributed by atoms with Gasteiger partial charge in [-0.2, -0.15) is 13.2 Å². The van der Waals surface area contributed by atoms with Crippen molar-refractivity contribution in [3.63, 3.8) is 0 Å². The number of alkyl halides is 3. The van der Waals surface area contributed by atoms with Crippen LogP contribution in [0.1, 0.15) is 39.1 Å². The van der Waals surface area contributed by atoms with Crippen molar-refractivity contribution in [3.8, 4) is 17.3 Å². The molecule has 0 radical (unpaired) electrons. The van der Waals surface area contributed by atoms with Crippen molar-refractivity contribution in [3.05, 3.63) is 138 Å². The van der Waals surface area contributed by atoms with Gasteiger partial charge in [0.15, 0.2) is 16.6 Å². The van der Waals surface area contributed by atoms with Gasteiger partial charge in [-0.3, -0.25) is 9.36 Å². The number of carbonyl (C=O) groups excluding carboxylic acids is 1. The number of amides is 1. The van der Waals surface area contributed by atoms with Gasteiger partial charge in [0.1, 0.15) is 6.26 Å². The number of aromatic nitrogens is 4. The standard InChI is InChI=1S/C32H24F3N5O3S/c33-32(34,35)23-13-7-14-24(18-23)40-29(27-15-8-16-42-27)38-39-31(40)44-20-28-36-26(19-43-28)30(41)37-25(22-11-5-2-6-12-22)17-21-9-3-1-4-10-21/h1-16,18-19,25H,17,20H2,(H,37,41). The van der Waals surface area contributed by atoms with Crippen LogP contribution in [0.15, 0.2) is 124 Å². The van der Waals surface area contributed by atoms with Crippen molar-refractivity contribution in [2.75, 3.05) is 0 Å². The van der Waals surface area contributed by atoms with Crippen molar-refractivity contribution < 1.29 is 26.8 Å². The summed E-state index contributed by atoms with van der Waals surface area (Å²) in [4.78, 5) is 17.6. The molecule has 44 heavy (non-hydrogen) atoms. The number of rotatable bonds is 10. The number of nitrogens with one attached hydrogen (secondary N) is 1. The van der Waals surface area contributed by atoms with Gasteiger partial charge in [-0.05, 0) is 47.9 Å². The zero-order chi connectivity index (χ0) is 30.5. The minimum absolute atomic E-state index is 0.102. The second-order valence-corrected chi connectivity index (χ2v) is 10.7. The molecule has 8 nitrogen and oxygen atoms in total. The third kappa shape index (κ3) is 6.60. The first-order valence-electron chi connectivity index (χ1n) is 13.5. The van der Waals surface area contributed by atoms with Gasteiger partial charge in [-0.25, -0.2) is 4.98 Å². The molecule has 0 aliphatic heterocycles. The van der Waals surface area contributed by atoms with Gasteiger partial charge in [-0.1, -0.05) is 78.5 Å². The minimum Gasteiger partial charge on any atom is -0.461 e. The van der Waals surface area contributed by atoms with Crippen LogP contribution in [0.3, 0.4) is 0 Å². The summed E-state index contributed by atoms with van der Waals surface area (Å²) < 4.78 is 53.0. The third-order valence-electron chi connectivity index (χ3n) is 6.71. The summed E-state index contributed by atoms with van der Waals surface area (Å²) in [7, 11) is 0. The summed E-state index contributed by atoms with van der Waals surface area (Å²) >= 11 is 1.14. The van der Waals surface area contributed by atoms with Crippen molar-refractivity contribution in [2.24, 2.45) is 0 Å². The highest BCUT2D eigenvalue weighted by molar-refractivity contribution is 7.98. The molecule has 0 saturated heterocycles. The molecule has 0 spiro atoms. The highest BCUT2D eigenvalue weighted by atomic mass is 32.2. The normalized spacial score (nSPS) is 12.2. The Morgan fingerprint density at radius 2 is 1.68 bits per heavy atom. The van der Waals surface area contributed by atoms with Gasteiger partial charge >= 0.3 is 6.18 Å². The number of furan rings is 1. The molecule has 0 fully saturated rings. The van der Waals surface area contributed by atoms with E-state index in [4.69, 9.17) is 8.83 Å². The van der Waals surface area contributed by atoms with Crippen LogP contribution in [0.4, 0.5) is 13.2 Å². The Bertz CT molecular complexity index is 1840. The number of thioether (sulfide) groups is 1. The van der Waals surface area contributed by atoms with Crippen LogP contribution in [-0.4, -0.2) is 25.7 Å². The summed E-state index contributed by atoms with van der Waals surface area (Å²) in [5.41, 5.74) is 1.51. The van der Waals surface area contributed by atoms with Crippen molar-refractivity contribution in [1.82, 2.24) is 25.1 Å². The molecule has 1 N–H and O–H groups in total. The molecule has 12 heteroatoms. The molecule has 0 bridgehead atoms. The lowest BCUT2D eigenvalue weighted by molar-refractivity contribution is -0.137. The van der Waals surface area contributed by atoms with Crippen molar-refractivity contribution in [1.29, 1.82) is 0 Å². The lowest BCUT2D eigenvalue weighted by Gasteiger charge is -2.19. The first-order valence-corrected chi connectivity index (χ1v) is 14.5. The molecule has 6 aromatic rings. The Hall–Kier alpha value is -5.10. The van der Waals surface area contributed by atoms with E-state index in [-0.39, 0.29) is 40.0 Å². The lowest BCUT2D eigenvalue weighted by atomic mass is 9.99. The van der Waals surface area contributed by atoms with E-state index < -0.39 is 17.6 Å². The van der Waals surface area contributed by atoms with E-state index in [2.05, 4.69) is 20.5 Å². The van der Waals surface area contributed by atoms with Crippen LogP contribution in [0.25, 0.3) is 17.3 Å². The lowest BCUT2D eigenvalue weighted by Crippen LogP contribution is -2.30. The average molecular weight is 616 g/mol. The van der Waals surface area contributed by atoms with E-state index in [0.29, 0.717) is 12.2 Å². The van der Waals surface area contributed by atoms with Crippen LogP contribution in [0, 0.1) is 0 Å². The van der Waals surface area contributed by atoms with Crippen LogP contribution in [-0.2, 0) is 18.3 Å². The summed E-state index contributed by atoms with van der Waals surface area (Å²) in [5, 5.41) is 11.7. The Morgan fingerprint density at radius 3 is 2.41 bits per heavy atom. The minimum atomic E-state index is -4.53. The predicted molar refractivity (Wildman–Crippen MR) is 157 cm³/mol. The van der Waals surface area contributed by atoms with Crippen LogP contribution < -0.4 is 5.32 Å². The second kappa shape index (κ2) is 12.6. The van der Waals surface area contributed by atoms with E-state index in [1.165, 1.54) is 29.2 Å². The maximum atomic E-state index is 13.5. The van der Waals surface area contributed by atoms with Crippen molar-refractivity contribution in [2.45, 2.75) is 29.5 Å². The molecular weight excluding hydrogens is 591 g/mol. The van der Waals surface area contributed by atoms with Gasteiger partial charge < -0.3 is 14.2 Å². The maximum Gasteiger partial charge on any atom is 0.416 e. The van der Waals surface area contributed by atoms with Crippen LogP contribution in [0.5, 0.6) is 0 Å². The molecule has 1 unspecified atom stereocenters. The molecular formula is C32H24F3N5O3S. The average Bonchev–Trinajstić information content (AvgIpc) is 3.82. The highest BCUT2D eigenvalue weighted by Crippen LogP contribution is 2.34. The maximum absolute atomic E-state index is 13.5. The highest BCUT2D eigenvalue weighted by Gasteiger charge is 2.31. The molecule has 0 aliphatic carbocycles. The number of benzene rings is 3. The van der Waals surface area contributed by atoms with Gasteiger partial charge in [0.25, 0.3) is 5.91 Å². The number of nitrogens with zero attached hydrogens (tertiary/aromatic N) is 4. The van der Waals surface area contributed by atoms with E-state index in [0.717, 1.165) is 35.0 Å². The molecule has 6 rings (SSSR count). The van der Waals surface area contributed by atoms with Gasteiger partial charge in [0.2, 0.25) is 11.7 Å². The summed E-state index contributed by atoms with van der Waals surface area (Å²) in [6.07, 6.45) is -1.23. The first-order chi connectivity index (χ1) is 21.3. The Balaban J connectivity index is 1.20. The third-order valence-corrected chi connectivity index (χ3v) is 7.62. The molecule has 0 saturated carbocycles. The van der Waals surface area contributed by atoms with E-state index >= 15 is 0 Å². The molecule has 1 amide bonds. The number of hydrogen-bond donors (Lipinski definition) is 1. The summed E-state index contributed by atoms with van der Waals surface area (Å²) in [6.45, 7) is 0. The Kier molecular flexibility index (Phi) is 8.33. The van der Waals surface area contributed by atoms with E-state index in [9.17, 15) is 18.0 Å². The van der Waals surface area contributed by atoms with E-state index in [1.54, 1.807) is 12.1 Å². The summed E-state index contributed by atoms with van der Waals surface area (Å²) in [6, 6.07) is 27.4. The van der Waals surface area contributed by atoms with Gasteiger partial charge in [-0.15, -0.1) is 10.2 Å². The van der Waals surface area contributed by atoms with Crippen molar-refractivity contribution >= 4 is 17.7 Å². The number of halogens is 3. The predicted octanol–water partition coefficient (Wildman–Crippen LogP) is 7.54. The number of oxazole rings is 1. The second-order valence-electron chi connectivity index (χ2n) is 9.71. The molecule has 222 valence electrons. The zero-order valence-corrected chi connectivity index (χ0v) is 23.8. The fourth-order valence-electron chi connectivity index (χ4n) is 4.61. The monoisotopic (exact) mass is 615 g/mol. The molecule has 1 atom stereocenters. The Morgan fingerprint density at radius 1 is 0.909 bits per heavy atom. The Labute approximate surface area is 254 Å². The first kappa shape index (κ1) is 29.0. The van der Waals surface area contributed by atoms with Gasteiger partial charge in [0, 0.05) is 0 Å². The fraction of sp³-hybridized carbons (Fsp3) is 0.125. The SMILES string of the molecule is O=C(NC(Cc1ccccc1)c1ccccc1)c1coc(CSc2nnc(-c3ccco3)n2-c2cccc(C(F)(F)F)c2)n1. The quantitative estimate of drug-likeness (QED) is 0.159. The molecule has 3 heterocycles. The molecule has 3 aromatic heterocycles. The van der Waals surface area contributed by atoms with E-state index in [1.807, 2.05) is 60.7 Å². The molecule has 3 aromatic carbocycles. The fourth-order valence-corrected chi connectivity index (χ4v) is 5.41. The summed E-state index contributed by atoms with van der Waals surface area (Å²) in [5.74, 6) is 0.531. The zero-order valence-electron chi connectivity index (χ0n) is 22.9. The van der Waals surface area contributed by atoms with Crippen LogP contribution in [0.2, 0.25) is 0 Å². The van der Waals surface area contributed by atoms with Crippen LogP contribution >= 0.6 is 11.8 Å².